The largest absolute Gasteiger partial charge is 0.354 e. The summed E-state index contributed by atoms with van der Waals surface area (Å²) in [5.74, 6) is 0.0872. The molecule has 1 aliphatic rings. The van der Waals surface area contributed by atoms with E-state index >= 15 is 0 Å². The Morgan fingerprint density at radius 2 is 1.97 bits per heavy atom. The van der Waals surface area contributed by atoms with Crippen molar-refractivity contribution in [1.82, 2.24) is 15.1 Å². The van der Waals surface area contributed by atoms with E-state index in [9.17, 15) is 14.0 Å². The molecule has 0 aliphatic carbocycles. The first-order chi connectivity index (χ1) is 16.0. The zero-order valence-corrected chi connectivity index (χ0v) is 18.8. The number of hydrogen-bond acceptors (Lipinski definition) is 4. The summed E-state index contributed by atoms with van der Waals surface area (Å²) in [4.78, 5) is 27.3. The normalized spacial score (nSPS) is 16.9. The molecule has 7 heteroatoms. The molecule has 0 spiro atoms. The molecule has 1 saturated heterocycles. The number of anilines is 1. The second kappa shape index (κ2) is 10.4. The fourth-order valence-corrected chi connectivity index (χ4v) is 4.22. The van der Waals surface area contributed by atoms with Crippen molar-refractivity contribution in [2.24, 2.45) is 5.92 Å². The Morgan fingerprint density at radius 3 is 2.76 bits per heavy atom. The topological polar surface area (TPSA) is 67.2 Å². The highest BCUT2D eigenvalue weighted by Gasteiger charge is 2.27. The number of piperidine rings is 1. The van der Waals surface area contributed by atoms with Gasteiger partial charge < -0.3 is 10.2 Å². The number of aryl methyl sites for hydroxylation is 1. The fourth-order valence-electron chi connectivity index (χ4n) is 4.22. The van der Waals surface area contributed by atoms with Crippen LogP contribution < -0.4 is 15.8 Å². The Bertz CT molecular complexity index is 1150. The molecule has 2 aromatic carbocycles. The average molecular weight is 449 g/mol. The van der Waals surface area contributed by atoms with Crippen LogP contribution in [-0.4, -0.2) is 34.8 Å². The Kier molecular flexibility index (Phi) is 7.17. The van der Waals surface area contributed by atoms with Crippen molar-refractivity contribution in [2.75, 3.05) is 18.0 Å². The van der Waals surface area contributed by atoms with E-state index in [4.69, 9.17) is 0 Å². The molecule has 1 aliphatic heterocycles. The van der Waals surface area contributed by atoms with E-state index in [0.717, 1.165) is 32.2 Å². The van der Waals surface area contributed by atoms with Gasteiger partial charge in [-0.15, -0.1) is 5.10 Å². The van der Waals surface area contributed by atoms with Crippen LogP contribution in [0.5, 0.6) is 0 Å². The van der Waals surface area contributed by atoms with Crippen LogP contribution in [-0.2, 0) is 11.2 Å². The quantitative estimate of drug-likeness (QED) is 0.598. The summed E-state index contributed by atoms with van der Waals surface area (Å²) in [6, 6.07) is 19.2. The van der Waals surface area contributed by atoms with Crippen LogP contribution in [0.2, 0.25) is 0 Å². The van der Waals surface area contributed by atoms with Gasteiger partial charge in [0.05, 0.1) is 11.6 Å². The lowest BCUT2D eigenvalue weighted by atomic mass is 9.96. The summed E-state index contributed by atoms with van der Waals surface area (Å²) in [6.45, 7) is 3.32. The molecule has 1 fully saturated rings. The van der Waals surface area contributed by atoms with E-state index in [1.54, 1.807) is 18.2 Å². The third-order valence-corrected chi connectivity index (χ3v) is 6.05. The van der Waals surface area contributed by atoms with Crippen LogP contribution in [0.25, 0.3) is 5.69 Å². The van der Waals surface area contributed by atoms with Gasteiger partial charge in [0, 0.05) is 25.2 Å². The molecular weight excluding hydrogens is 419 g/mol. The molecule has 4 rings (SSSR count). The number of nitrogens with zero attached hydrogens (tertiary/aromatic N) is 3. The zero-order valence-electron chi connectivity index (χ0n) is 18.8. The number of halogens is 1. The van der Waals surface area contributed by atoms with E-state index < -0.39 is 5.82 Å². The molecule has 3 aromatic rings. The molecule has 1 amide bonds. The van der Waals surface area contributed by atoms with Gasteiger partial charge in [-0.2, -0.15) is 4.68 Å². The van der Waals surface area contributed by atoms with Crippen LogP contribution in [0.3, 0.4) is 0 Å². The molecule has 1 aromatic heterocycles. The van der Waals surface area contributed by atoms with Crippen LogP contribution in [0.4, 0.5) is 10.2 Å². The van der Waals surface area contributed by atoms with Crippen molar-refractivity contribution in [3.05, 3.63) is 88.5 Å². The highest BCUT2D eigenvalue weighted by molar-refractivity contribution is 5.79. The van der Waals surface area contributed by atoms with Gasteiger partial charge in [0.2, 0.25) is 5.91 Å². The molecule has 6 nitrogen and oxygen atoms in total. The van der Waals surface area contributed by atoms with E-state index in [1.165, 1.54) is 28.4 Å². The number of nitrogens with one attached hydrogen (secondary N) is 1. The first-order valence-electron chi connectivity index (χ1n) is 11.4. The molecule has 0 saturated carbocycles. The van der Waals surface area contributed by atoms with E-state index in [0.29, 0.717) is 18.1 Å². The SMILES string of the molecule is C[C@H](CCc1ccccc1)NC(=O)[C@H]1CCCN(c2ccc(=O)n(-c3cccc(F)c3)n2)C1. The summed E-state index contributed by atoms with van der Waals surface area (Å²) >= 11 is 0. The Morgan fingerprint density at radius 1 is 1.15 bits per heavy atom. The number of aromatic nitrogens is 2. The van der Waals surface area contributed by atoms with Crippen molar-refractivity contribution >= 4 is 11.7 Å². The summed E-state index contributed by atoms with van der Waals surface area (Å²) in [5.41, 5.74) is 1.31. The number of amides is 1. The van der Waals surface area contributed by atoms with Crippen molar-refractivity contribution in [2.45, 2.75) is 38.6 Å². The molecule has 172 valence electrons. The summed E-state index contributed by atoms with van der Waals surface area (Å²) in [5, 5.41) is 7.62. The molecule has 0 bridgehead atoms. The van der Waals surface area contributed by atoms with Crippen LogP contribution in [0.15, 0.2) is 71.5 Å². The minimum absolute atomic E-state index is 0.0544. The predicted octanol–water partition coefficient (Wildman–Crippen LogP) is 3.73. The smallest absolute Gasteiger partial charge is 0.271 e. The number of rotatable bonds is 7. The summed E-state index contributed by atoms with van der Waals surface area (Å²) in [6.07, 6.45) is 3.48. The number of carbonyl (C=O) groups is 1. The van der Waals surface area contributed by atoms with Gasteiger partial charge in [-0.1, -0.05) is 36.4 Å². The van der Waals surface area contributed by atoms with Crippen LogP contribution >= 0.6 is 0 Å². The maximum absolute atomic E-state index is 13.6. The van der Waals surface area contributed by atoms with E-state index in [1.807, 2.05) is 30.0 Å². The average Bonchev–Trinajstić information content (AvgIpc) is 2.84. The third kappa shape index (κ3) is 5.86. The van der Waals surface area contributed by atoms with Crippen molar-refractivity contribution in [3.8, 4) is 5.69 Å². The number of hydrogen-bond donors (Lipinski definition) is 1. The minimum Gasteiger partial charge on any atom is -0.354 e. The van der Waals surface area contributed by atoms with Gasteiger partial charge >= 0.3 is 0 Å². The zero-order chi connectivity index (χ0) is 23.2. The lowest BCUT2D eigenvalue weighted by Gasteiger charge is -2.33. The highest BCUT2D eigenvalue weighted by Crippen LogP contribution is 2.22. The van der Waals surface area contributed by atoms with Gasteiger partial charge in [0.15, 0.2) is 0 Å². The molecule has 2 atom stereocenters. The van der Waals surface area contributed by atoms with E-state index in [-0.39, 0.29) is 23.4 Å². The maximum Gasteiger partial charge on any atom is 0.271 e. The van der Waals surface area contributed by atoms with Gasteiger partial charge in [0.1, 0.15) is 11.6 Å². The van der Waals surface area contributed by atoms with Gasteiger partial charge in [-0.05, 0) is 62.4 Å². The van der Waals surface area contributed by atoms with E-state index in [2.05, 4.69) is 22.5 Å². The Hall–Kier alpha value is -3.48. The highest BCUT2D eigenvalue weighted by atomic mass is 19.1. The molecule has 2 heterocycles. The van der Waals surface area contributed by atoms with Crippen molar-refractivity contribution < 1.29 is 9.18 Å². The molecule has 0 unspecified atom stereocenters. The minimum atomic E-state index is -0.428. The first-order valence-corrected chi connectivity index (χ1v) is 11.4. The Balaban J connectivity index is 1.39. The van der Waals surface area contributed by atoms with Crippen LogP contribution in [0.1, 0.15) is 31.7 Å². The molecule has 33 heavy (non-hydrogen) atoms. The molecule has 0 radical (unpaired) electrons. The fraction of sp³-hybridized carbons (Fsp3) is 0.346. The lowest BCUT2D eigenvalue weighted by molar-refractivity contribution is -0.125. The number of benzene rings is 2. The molecule has 1 N–H and O–H groups in total. The Labute approximate surface area is 193 Å². The predicted molar refractivity (Wildman–Crippen MR) is 127 cm³/mol. The van der Waals surface area contributed by atoms with Gasteiger partial charge in [-0.25, -0.2) is 4.39 Å². The van der Waals surface area contributed by atoms with Crippen LogP contribution in [0, 0.1) is 11.7 Å². The van der Waals surface area contributed by atoms with Crippen molar-refractivity contribution in [1.29, 1.82) is 0 Å². The maximum atomic E-state index is 13.6. The third-order valence-electron chi connectivity index (χ3n) is 6.05. The second-order valence-electron chi connectivity index (χ2n) is 8.64. The first kappa shape index (κ1) is 22.7. The molecular formula is C26H29FN4O2. The van der Waals surface area contributed by atoms with Gasteiger partial charge in [0.25, 0.3) is 5.56 Å². The second-order valence-corrected chi connectivity index (χ2v) is 8.64. The standard InChI is InChI=1S/C26H29FN4O2/c1-19(12-13-20-7-3-2-4-8-20)28-26(33)21-9-6-16-30(18-21)24-14-15-25(32)31(29-24)23-11-5-10-22(27)17-23/h2-5,7-8,10-11,14-15,17,19,21H,6,9,12-13,16,18H2,1H3,(H,28,33)/t19-,21+/m1/s1. The summed E-state index contributed by atoms with van der Waals surface area (Å²) < 4.78 is 14.8. The summed E-state index contributed by atoms with van der Waals surface area (Å²) in [7, 11) is 0. The monoisotopic (exact) mass is 448 g/mol. The lowest BCUT2D eigenvalue weighted by Crippen LogP contribution is -2.46. The van der Waals surface area contributed by atoms with Gasteiger partial charge in [-0.3, -0.25) is 9.59 Å². The number of carbonyl (C=O) groups excluding carboxylic acids is 1. The van der Waals surface area contributed by atoms with Crippen molar-refractivity contribution in [3.63, 3.8) is 0 Å².